The first-order valence-electron chi connectivity index (χ1n) is 10.2. The summed E-state index contributed by atoms with van der Waals surface area (Å²) in [5.74, 6) is 0.938. The Hall–Kier alpha value is -3.26. The maximum atomic E-state index is 12.4. The van der Waals surface area contributed by atoms with E-state index in [0.717, 1.165) is 16.6 Å². The van der Waals surface area contributed by atoms with E-state index in [1.54, 1.807) is 30.3 Å². The standard InChI is InChI=1S/C25H17Cl2IN4O3/c1-34-22-10-14(8-15(12-29)25-31-20-4-2-3-5-21(20)32-25)9-19(28)24(22)35-13-23(33)30-16-6-7-17(26)18(27)11-16/h2-11H,13H2,1H3,(H,30,33)(H,31,32)/b15-8+. The number of para-hydroxylation sites is 2. The maximum absolute atomic E-state index is 12.4. The summed E-state index contributed by atoms with van der Waals surface area (Å²) in [5.41, 5.74) is 3.21. The van der Waals surface area contributed by atoms with Gasteiger partial charge < -0.3 is 19.8 Å². The fourth-order valence-electron chi connectivity index (χ4n) is 3.27. The van der Waals surface area contributed by atoms with Crippen molar-refractivity contribution in [2.75, 3.05) is 19.0 Å². The molecule has 2 N–H and O–H groups in total. The summed E-state index contributed by atoms with van der Waals surface area (Å²) in [6.07, 6.45) is 1.71. The first-order chi connectivity index (χ1) is 16.9. The number of rotatable bonds is 7. The number of hydrogen-bond donors (Lipinski definition) is 2. The molecule has 0 aliphatic carbocycles. The number of fused-ring (bicyclic) bond motifs is 1. The SMILES string of the molecule is COc1cc(/C=C(\C#N)c2nc3ccccc3[nH]2)cc(I)c1OCC(=O)Nc1ccc(Cl)c(Cl)c1. The van der Waals surface area contributed by atoms with Crippen LogP contribution in [-0.2, 0) is 4.79 Å². The molecular weight excluding hydrogens is 602 g/mol. The molecule has 0 unspecified atom stereocenters. The number of hydrogen-bond acceptors (Lipinski definition) is 5. The molecule has 3 aromatic carbocycles. The lowest BCUT2D eigenvalue weighted by atomic mass is 10.1. The normalized spacial score (nSPS) is 11.2. The van der Waals surface area contributed by atoms with Crippen LogP contribution in [0.2, 0.25) is 10.0 Å². The Morgan fingerprint density at radius 1 is 1.20 bits per heavy atom. The number of allylic oxidation sites excluding steroid dienone is 1. The molecule has 0 aliphatic heterocycles. The van der Waals surface area contributed by atoms with Crippen LogP contribution in [-0.4, -0.2) is 29.6 Å². The number of aromatic nitrogens is 2. The fraction of sp³-hybridized carbons (Fsp3) is 0.0800. The average molecular weight is 619 g/mol. The highest BCUT2D eigenvalue weighted by atomic mass is 127. The lowest BCUT2D eigenvalue weighted by molar-refractivity contribution is -0.118. The minimum atomic E-state index is -0.373. The number of nitrogens with one attached hydrogen (secondary N) is 2. The lowest BCUT2D eigenvalue weighted by Gasteiger charge is -2.14. The molecule has 1 amide bonds. The predicted molar refractivity (Wildman–Crippen MR) is 146 cm³/mol. The second kappa shape index (κ2) is 11.0. The molecule has 35 heavy (non-hydrogen) atoms. The average Bonchev–Trinajstić information content (AvgIpc) is 3.28. The Morgan fingerprint density at radius 3 is 2.71 bits per heavy atom. The number of nitriles is 1. The third-order valence-electron chi connectivity index (χ3n) is 4.88. The molecule has 10 heteroatoms. The highest BCUT2D eigenvalue weighted by Gasteiger charge is 2.15. The van der Waals surface area contributed by atoms with Crippen molar-refractivity contribution < 1.29 is 14.3 Å². The van der Waals surface area contributed by atoms with Gasteiger partial charge in [-0.05, 0) is 76.7 Å². The van der Waals surface area contributed by atoms with Crippen molar-refractivity contribution in [3.63, 3.8) is 0 Å². The van der Waals surface area contributed by atoms with Crippen molar-refractivity contribution in [1.29, 1.82) is 5.26 Å². The number of carbonyl (C=O) groups is 1. The van der Waals surface area contributed by atoms with Crippen molar-refractivity contribution >= 4 is 80.1 Å². The molecule has 176 valence electrons. The van der Waals surface area contributed by atoms with E-state index >= 15 is 0 Å². The van der Waals surface area contributed by atoms with Crippen LogP contribution in [0.25, 0.3) is 22.7 Å². The molecule has 0 saturated carbocycles. The van der Waals surface area contributed by atoms with E-state index in [1.165, 1.54) is 7.11 Å². The lowest BCUT2D eigenvalue weighted by Crippen LogP contribution is -2.20. The van der Waals surface area contributed by atoms with Gasteiger partial charge in [-0.15, -0.1) is 0 Å². The third kappa shape index (κ3) is 5.88. The highest BCUT2D eigenvalue weighted by Crippen LogP contribution is 2.35. The summed E-state index contributed by atoms with van der Waals surface area (Å²) in [6, 6.07) is 18.1. The van der Waals surface area contributed by atoms with Crippen LogP contribution in [0.4, 0.5) is 5.69 Å². The number of aromatic amines is 1. The monoisotopic (exact) mass is 618 g/mol. The van der Waals surface area contributed by atoms with Gasteiger partial charge in [0.25, 0.3) is 5.91 Å². The molecule has 4 rings (SSSR count). The van der Waals surface area contributed by atoms with Gasteiger partial charge in [-0.1, -0.05) is 35.3 Å². The Morgan fingerprint density at radius 2 is 2.00 bits per heavy atom. The van der Waals surface area contributed by atoms with E-state index in [9.17, 15) is 10.1 Å². The first-order valence-corrected chi connectivity index (χ1v) is 12.0. The number of carbonyl (C=O) groups excluding carboxylic acids is 1. The van der Waals surface area contributed by atoms with Crippen LogP contribution in [0.15, 0.2) is 54.6 Å². The van der Waals surface area contributed by atoms with Crippen LogP contribution in [0.1, 0.15) is 11.4 Å². The number of ether oxygens (including phenoxy) is 2. The van der Waals surface area contributed by atoms with Gasteiger partial charge in [0.2, 0.25) is 0 Å². The minimum absolute atomic E-state index is 0.246. The van der Waals surface area contributed by atoms with Crippen LogP contribution < -0.4 is 14.8 Å². The molecule has 0 saturated heterocycles. The Balaban J connectivity index is 1.52. The molecule has 4 aromatic rings. The molecule has 7 nitrogen and oxygen atoms in total. The minimum Gasteiger partial charge on any atom is -0.493 e. The number of nitrogens with zero attached hydrogens (tertiary/aromatic N) is 2. The molecule has 0 bridgehead atoms. The van der Waals surface area contributed by atoms with Gasteiger partial charge in [0, 0.05) is 5.69 Å². The zero-order valence-corrected chi connectivity index (χ0v) is 21.9. The van der Waals surface area contributed by atoms with E-state index in [1.807, 2.05) is 30.3 Å². The molecule has 0 fully saturated rings. The highest BCUT2D eigenvalue weighted by molar-refractivity contribution is 14.1. The van der Waals surface area contributed by atoms with E-state index < -0.39 is 0 Å². The van der Waals surface area contributed by atoms with Gasteiger partial charge in [-0.2, -0.15) is 5.26 Å². The number of imidazole rings is 1. The van der Waals surface area contributed by atoms with Crippen molar-refractivity contribution in [3.8, 4) is 17.6 Å². The summed E-state index contributed by atoms with van der Waals surface area (Å²) in [5, 5.41) is 13.2. The number of H-pyrrole nitrogens is 1. The van der Waals surface area contributed by atoms with Crippen molar-refractivity contribution in [2.45, 2.75) is 0 Å². The Kier molecular flexibility index (Phi) is 7.80. The number of methoxy groups -OCH3 is 1. The van der Waals surface area contributed by atoms with E-state index in [2.05, 4.69) is 43.9 Å². The van der Waals surface area contributed by atoms with Crippen molar-refractivity contribution in [2.24, 2.45) is 0 Å². The molecule has 0 radical (unpaired) electrons. The van der Waals surface area contributed by atoms with Crippen molar-refractivity contribution in [3.05, 3.63) is 79.6 Å². The number of anilines is 1. The largest absolute Gasteiger partial charge is 0.493 e. The summed E-state index contributed by atoms with van der Waals surface area (Å²) in [6.45, 7) is -0.246. The van der Waals surface area contributed by atoms with E-state index in [4.69, 9.17) is 32.7 Å². The van der Waals surface area contributed by atoms with Gasteiger partial charge >= 0.3 is 0 Å². The van der Waals surface area contributed by atoms with Crippen LogP contribution >= 0.6 is 45.8 Å². The Bertz CT molecular complexity index is 1460. The van der Waals surface area contributed by atoms with E-state index in [-0.39, 0.29) is 12.5 Å². The second-order valence-corrected chi connectivity index (χ2v) is 9.25. The summed E-state index contributed by atoms with van der Waals surface area (Å²) >= 11 is 14.0. The maximum Gasteiger partial charge on any atom is 0.262 e. The molecule has 1 aromatic heterocycles. The summed E-state index contributed by atoms with van der Waals surface area (Å²) < 4.78 is 11.9. The van der Waals surface area contributed by atoms with Crippen LogP contribution in [0.5, 0.6) is 11.5 Å². The Labute approximate surface area is 224 Å². The predicted octanol–water partition coefficient (Wildman–Crippen LogP) is 6.56. The smallest absolute Gasteiger partial charge is 0.262 e. The molecule has 0 atom stereocenters. The molecule has 1 heterocycles. The zero-order valence-electron chi connectivity index (χ0n) is 18.2. The van der Waals surface area contributed by atoms with Gasteiger partial charge in [0.1, 0.15) is 11.9 Å². The van der Waals surface area contributed by atoms with Gasteiger partial charge in [0.05, 0.1) is 37.3 Å². The summed E-state index contributed by atoms with van der Waals surface area (Å²) in [4.78, 5) is 20.0. The van der Waals surface area contributed by atoms with E-state index in [0.29, 0.717) is 42.2 Å². The number of amides is 1. The zero-order chi connectivity index (χ0) is 24.9. The molecule has 0 spiro atoms. The second-order valence-electron chi connectivity index (χ2n) is 7.27. The molecule has 0 aliphatic rings. The van der Waals surface area contributed by atoms with Crippen molar-refractivity contribution in [1.82, 2.24) is 9.97 Å². The van der Waals surface area contributed by atoms with Gasteiger partial charge in [-0.25, -0.2) is 4.98 Å². The van der Waals surface area contributed by atoms with Crippen LogP contribution in [0.3, 0.4) is 0 Å². The molecular formula is C25H17Cl2IN4O3. The van der Waals surface area contributed by atoms with Gasteiger partial charge in [0.15, 0.2) is 18.1 Å². The topological polar surface area (TPSA) is 100 Å². The summed E-state index contributed by atoms with van der Waals surface area (Å²) in [7, 11) is 1.51. The first kappa shape index (κ1) is 24.9. The number of benzene rings is 3. The van der Waals surface area contributed by atoms with Gasteiger partial charge in [-0.3, -0.25) is 4.79 Å². The number of halogens is 3. The quantitative estimate of drug-likeness (QED) is 0.180. The fourth-order valence-corrected chi connectivity index (χ4v) is 4.35. The third-order valence-corrected chi connectivity index (χ3v) is 6.42. The van der Waals surface area contributed by atoms with Crippen LogP contribution in [0, 0.1) is 14.9 Å².